The van der Waals surface area contributed by atoms with Crippen molar-refractivity contribution in [3.05, 3.63) is 58.8 Å². The van der Waals surface area contributed by atoms with Crippen LogP contribution in [0.3, 0.4) is 0 Å². The molecule has 2 aliphatic heterocycles. The third kappa shape index (κ3) is 2.08. The smallest absolute Gasteiger partial charge is 0.261 e. The zero-order valence-electron chi connectivity index (χ0n) is 13.4. The van der Waals surface area contributed by atoms with Gasteiger partial charge in [-0.25, -0.2) is 4.98 Å². The molecule has 2 aromatic heterocycles. The lowest BCUT2D eigenvalue weighted by Crippen LogP contribution is -2.29. The van der Waals surface area contributed by atoms with Gasteiger partial charge in [0.2, 0.25) is 0 Å². The molecular weight excluding hydrogens is 300 g/mol. The molecule has 2 bridgehead atoms. The number of pyridine rings is 1. The highest BCUT2D eigenvalue weighted by Crippen LogP contribution is 2.29. The van der Waals surface area contributed by atoms with E-state index in [0.717, 1.165) is 55.2 Å². The minimum Gasteiger partial charge on any atom is -0.301 e. The second-order valence-electron chi connectivity index (χ2n) is 6.66. The van der Waals surface area contributed by atoms with Crippen LogP contribution >= 0.6 is 0 Å². The van der Waals surface area contributed by atoms with E-state index in [2.05, 4.69) is 9.88 Å². The van der Waals surface area contributed by atoms with Gasteiger partial charge >= 0.3 is 0 Å². The summed E-state index contributed by atoms with van der Waals surface area (Å²) in [5.41, 5.74) is 2.79. The van der Waals surface area contributed by atoms with Gasteiger partial charge in [0.1, 0.15) is 5.82 Å². The van der Waals surface area contributed by atoms with Crippen molar-refractivity contribution in [2.24, 2.45) is 0 Å². The Labute approximate surface area is 139 Å². The lowest BCUT2D eigenvalue weighted by molar-refractivity contribution is 0.329. The Bertz CT molecular complexity index is 980. The monoisotopic (exact) mass is 318 g/mol. The second kappa shape index (κ2) is 5.24. The van der Waals surface area contributed by atoms with Gasteiger partial charge in [-0.1, -0.05) is 12.1 Å². The van der Waals surface area contributed by atoms with Crippen LogP contribution in [0.2, 0.25) is 0 Å². The van der Waals surface area contributed by atoms with Crippen molar-refractivity contribution < 1.29 is 0 Å². The van der Waals surface area contributed by atoms with Gasteiger partial charge in [0.25, 0.3) is 5.56 Å². The van der Waals surface area contributed by atoms with Crippen LogP contribution in [0.5, 0.6) is 0 Å². The summed E-state index contributed by atoms with van der Waals surface area (Å²) < 4.78 is 1.90. The molecule has 1 saturated heterocycles. The zero-order chi connectivity index (χ0) is 16.1. The van der Waals surface area contributed by atoms with Crippen LogP contribution in [0.25, 0.3) is 22.2 Å². The molecule has 1 aromatic carbocycles. The van der Waals surface area contributed by atoms with Crippen LogP contribution in [0.15, 0.2) is 47.4 Å². The SMILES string of the molecule is O=c1c2ccc(-c3ccccn3)cc2nc2n1CCN1CCC2C1. The van der Waals surface area contributed by atoms with Crippen molar-refractivity contribution >= 4 is 10.9 Å². The Morgan fingerprint density at radius 1 is 1.08 bits per heavy atom. The molecular formula is C19H18N4O. The molecule has 0 aliphatic carbocycles. The Morgan fingerprint density at radius 2 is 2.04 bits per heavy atom. The van der Waals surface area contributed by atoms with Crippen molar-refractivity contribution in [1.82, 2.24) is 19.4 Å². The fraction of sp³-hybridized carbons (Fsp3) is 0.316. The van der Waals surface area contributed by atoms with Gasteiger partial charge in [-0.15, -0.1) is 0 Å². The quantitative estimate of drug-likeness (QED) is 0.690. The van der Waals surface area contributed by atoms with E-state index < -0.39 is 0 Å². The lowest BCUT2D eigenvalue weighted by atomic mass is 10.1. The number of benzene rings is 1. The van der Waals surface area contributed by atoms with E-state index in [1.807, 2.05) is 41.0 Å². The molecule has 2 aliphatic rings. The van der Waals surface area contributed by atoms with E-state index in [9.17, 15) is 4.79 Å². The molecule has 5 heteroatoms. The van der Waals surface area contributed by atoms with Crippen molar-refractivity contribution in [3.8, 4) is 11.3 Å². The predicted molar refractivity (Wildman–Crippen MR) is 93.0 cm³/mol. The third-order valence-electron chi connectivity index (χ3n) is 5.22. The lowest BCUT2D eigenvalue weighted by Gasteiger charge is -2.16. The van der Waals surface area contributed by atoms with E-state index >= 15 is 0 Å². The first-order valence-electron chi connectivity index (χ1n) is 8.48. The van der Waals surface area contributed by atoms with Gasteiger partial charge in [-0.3, -0.25) is 14.3 Å². The number of nitrogens with zero attached hydrogens (tertiary/aromatic N) is 4. The highest BCUT2D eigenvalue weighted by molar-refractivity contribution is 5.83. The molecule has 120 valence electrons. The molecule has 4 heterocycles. The van der Waals surface area contributed by atoms with E-state index in [1.165, 1.54) is 0 Å². The maximum absolute atomic E-state index is 12.9. The molecule has 0 N–H and O–H groups in total. The molecule has 5 nitrogen and oxygen atoms in total. The minimum atomic E-state index is 0.0938. The van der Waals surface area contributed by atoms with Crippen molar-refractivity contribution in [2.75, 3.05) is 19.6 Å². The molecule has 0 radical (unpaired) electrons. The fourth-order valence-corrected chi connectivity index (χ4v) is 3.95. The van der Waals surface area contributed by atoms with Crippen molar-refractivity contribution in [2.45, 2.75) is 18.9 Å². The van der Waals surface area contributed by atoms with E-state index in [1.54, 1.807) is 6.20 Å². The maximum atomic E-state index is 12.9. The summed E-state index contributed by atoms with van der Waals surface area (Å²) in [4.78, 5) is 24.7. The van der Waals surface area contributed by atoms with Gasteiger partial charge in [0.05, 0.1) is 16.6 Å². The molecule has 2 unspecified atom stereocenters. The molecule has 2 atom stereocenters. The summed E-state index contributed by atoms with van der Waals surface area (Å²) in [7, 11) is 0. The predicted octanol–water partition coefficient (Wildman–Crippen LogP) is 2.26. The van der Waals surface area contributed by atoms with Crippen molar-refractivity contribution in [1.29, 1.82) is 0 Å². The largest absolute Gasteiger partial charge is 0.301 e. The van der Waals surface area contributed by atoms with Gasteiger partial charge in [-0.05, 0) is 37.2 Å². The highest BCUT2D eigenvalue weighted by atomic mass is 16.1. The summed E-state index contributed by atoms with van der Waals surface area (Å²) >= 11 is 0. The Hall–Kier alpha value is -2.53. The molecule has 0 amide bonds. The number of hydrogen-bond donors (Lipinski definition) is 0. The van der Waals surface area contributed by atoms with Crippen LogP contribution in [-0.2, 0) is 6.54 Å². The topological polar surface area (TPSA) is 51.0 Å². The van der Waals surface area contributed by atoms with Crippen molar-refractivity contribution in [3.63, 3.8) is 0 Å². The Kier molecular flexibility index (Phi) is 3.03. The van der Waals surface area contributed by atoms with Crippen LogP contribution in [0.1, 0.15) is 18.2 Å². The third-order valence-corrected chi connectivity index (χ3v) is 5.22. The van der Waals surface area contributed by atoms with E-state index in [0.29, 0.717) is 11.3 Å². The van der Waals surface area contributed by atoms with Gasteiger partial charge in [0, 0.05) is 37.3 Å². The summed E-state index contributed by atoms with van der Waals surface area (Å²) in [5, 5.41) is 0.700. The number of aromatic nitrogens is 3. The summed E-state index contributed by atoms with van der Waals surface area (Å²) in [5.74, 6) is 1.34. The first-order valence-corrected chi connectivity index (χ1v) is 8.48. The number of hydrogen-bond acceptors (Lipinski definition) is 4. The molecule has 5 rings (SSSR count). The maximum Gasteiger partial charge on any atom is 0.261 e. The van der Waals surface area contributed by atoms with Gasteiger partial charge in [-0.2, -0.15) is 0 Å². The summed E-state index contributed by atoms with van der Waals surface area (Å²) in [6.45, 7) is 3.84. The Balaban J connectivity index is 1.72. The van der Waals surface area contributed by atoms with Gasteiger partial charge in [0.15, 0.2) is 0 Å². The second-order valence-corrected chi connectivity index (χ2v) is 6.66. The highest BCUT2D eigenvalue weighted by Gasteiger charge is 2.31. The first-order chi connectivity index (χ1) is 11.8. The Morgan fingerprint density at radius 3 is 2.92 bits per heavy atom. The zero-order valence-corrected chi connectivity index (χ0v) is 13.4. The number of fused-ring (bicyclic) bond motifs is 5. The average Bonchev–Trinajstić information content (AvgIpc) is 3.01. The fourth-order valence-electron chi connectivity index (χ4n) is 3.95. The van der Waals surface area contributed by atoms with Crippen LogP contribution in [0.4, 0.5) is 0 Å². The minimum absolute atomic E-state index is 0.0938. The summed E-state index contributed by atoms with van der Waals surface area (Å²) in [6, 6.07) is 11.7. The van der Waals surface area contributed by atoms with E-state index in [4.69, 9.17) is 4.98 Å². The number of rotatable bonds is 1. The van der Waals surface area contributed by atoms with Crippen LogP contribution in [-0.4, -0.2) is 39.1 Å². The van der Waals surface area contributed by atoms with Crippen LogP contribution in [0, 0.1) is 0 Å². The van der Waals surface area contributed by atoms with E-state index in [-0.39, 0.29) is 5.56 Å². The molecule has 0 spiro atoms. The van der Waals surface area contributed by atoms with Crippen LogP contribution < -0.4 is 5.56 Å². The average molecular weight is 318 g/mol. The first kappa shape index (κ1) is 13.9. The summed E-state index contributed by atoms with van der Waals surface area (Å²) in [6.07, 6.45) is 2.88. The molecule has 1 fully saturated rings. The van der Waals surface area contributed by atoms with Gasteiger partial charge < -0.3 is 4.90 Å². The normalized spacial score (nSPS) is 22.3. The standard InChI is InChI=1S/C19H18N4O/c24-19-15-5-4-13(16-3-1-2-7-20-16)11-17(15)21-18-14-6-8-22(12-14)9-10-23(18)19/h1-5,7,11,14H,6,8-10,12H2. The molecule has 3 aromatic rings. The molecule has 0 saturated carbocycles. The molecule has 24 heavy (non-hydrogen) atoms.